The Labute approximate surface area is 126 Å². The summed E-state index contributed by atoms with van der Waals surface area (Å²) in [6.07, 6.45) is 4.00. The van der Waals surface area contributed by atoms with Gasteiger partial charge in [0.2, 0.25) is 0 Å². The Morgan fingerprint density at radius 1 is 1.30 bits per heavy atom. The lowest BCUT2D eigenvalue weighted by molar-refractivity contribution is 0.487. The number of aromatic nitrogens is 2. The summed E-state index contributed by atoms with van der Waals surface area (Å²) in [5.74, 6) is 0. The van der Waals surface area contributed by atoms with Crippen LogP contribution in [0.2, 0.25) is 5.02 Å². The molecule has 20 heavy (non-hydrogen) atoms. The Bertz CT molecular complexity index is 536. The summed E-state index contributed by atoms with van der Waals surface area (Å²) < 4.78 is 2.07. The van der Waals surface area contributed by atoms with Gasteiger partial charge in [0.1, 0.15) is 0 Å². The number of aryl methyl sites for hydroxylation is 1. The van der Waals surface area contributed by atoms with Crippen molar-refractivity contribution in [1.29, 1.82) is 0 Å². The second-order valence-electron chi connectivity index (χ2n) is 4.94. The molecule has 1 heterocycles. The predicted octanol–water partition coefficient (Wildman–Crippen LogP) is 4.19. The number of rotatable bonds is 7. The van der Waals surface area contributed by atoms with Gasteiger partial charge in [-0.25, -0.2) is 0 Å². The summed E-state index contributed by atoms with van der Waals surface area (Å²) in [6.45, 7) is 6.14. The Morgan fingerprint density at radius 2 is 2.15 bits per heavy atom. The third kappa shape index (κ3) is 3.84. The minimum Gasteiger partial charge on any atom is -0.304 e. The fourth-order valence-electron chi connectivity index (χ4n) is 2.37. The Balaban J connectivity index is 2.02. The molecule has 2 aromatic rings. The zero-order valence-electron chi connectivity index (χ0n) is 12.1. The average molecular weight is 292 g/mol. The third-order valence-corrected chi connectivity index (χ3v) is 3.66. The standard InChI is InChI=1S/C16H22ClN3/c1-3-10-20-15(8-9-19-20)12-18-16(4-2)13-6-5-7-14(17)11-13/h5-9,11,16,18H,3-4,10,12H2,1-2H3. The van der Waals surface area contributed by atoms with Crippen LogP contribution in [0.15, 0.2) is 36.5 Å². The summed E-state index contributed by atoms with van der Waals surface area (Å²) in [5.41, 5.74) is 2.47. The van der Waals surface area contributed by atoms with Gasteiger partial charge in [0.15, 0.2) is 0 Å². The zero-order valence-corrected chi connectivity index (χ0v) is 12.9. The molecule has 0 aliphatic rings. The largest absolute Gasteiger partial charge is 0.304 e. The minimum absolute atomic E-state index is 0.318. The van der Waals surface area contributed by atoms with Crippen molar-refractivity contribution in [1.82, 2.24) is 15.1 Å². The van der Waals surface area contributed by atoms with Crippen molar-refractivity contribution in [2.45, 2.75) is 45.8 Å². The molecule has 0 aliphatic carbocycles. The first kappa shape index (κ1) is 15.1. The van der Waals surface area contributed by atoms with Crippen LogP contribution in [0.3, 0.4) is 0 Å². The van der Waals surface area contributed by atoms with Gasteiger partial charge >= 0.3 is 0 Å². The van der Waals surface area contributed by atoms with Crippen LogP contribution in [0.5, 0.6) is 0 Å². The van der Waals surface area contributed by atoms with Crippen LogP contribution >= 0.6 is 11.6 Å². The molecule has 108 valence electrons. The monoisotopic (exact) mass is 291 g/mol. The van der Waals surface area contributed by atoms with Crippen LogP contribution in [-0.2, 0) is 13.1 Å². The van der Waals surface area contributed by atoms with Crippen molar-refractivity contribution in [3.63, 3.8) is 0 Å². The molecule has 0 saturated carbocycles. The highest BCUT2D eigenvalue weighted by Gasteiger charge is 2.10. The van der Waals surface area contributed by atoms with Crippen molar-refractivity contribution in [2.75, 3.05) is 0 Å². The molecule has 1 unspecified atom stereocenters. The molecule has 1 aromatic heterocycles. The number of hydrogen-bond donors (Lipinski definition) is 1. The maximum Gasteiger partial charge on any atom is 0.0522 e. The third-order valence-electron chi connectivity index (χ3n) is 3.43. The van der Waals surface area contributed by atoms with Crippen LogP contribution in [-0.4, -0.2) is 9.78 Å². The zero-order chi connectivity index (χ0) is 14.4. The van der Waals surface area contributed by atoms with E-state index in [4.69, 9.17) is 11.6 Å². The fraction of sp³-hybridized carbons (Fsp3) is 0.438. The molecule has 4 heteroatoms. The van der Waals surface area contributed by atoms with E-state index in [2.05, 4.69) is 41.1 Å². The van der Waals surface area contributed by atoms with E-state index in [1.54, 1.807) is 0 Å². The molecule has 0 fully saturated rings. The number of hydrogen-bond acceptors (Lipinski definition) is 2. The first-order valence-corrected chi connectivity index (χ1v) is 7.62. The van der Waals surface area contributed by atoms with Gasteiger partial charge in [-0.1, -0.05) is 37.6 Å². The van der Waals surface area contributed by atoms with E-state index < -0.39 is 0 Å². The Morgan fingerprint density at radius 3 is 2.85 bits per heavy atom. The number of nitrogens with one attached hydrogen (secondary N) is 1. The lowest BCUT2D eigenvalue weighted by Gasteiger charge is -2.18. The van der Waals surface area contributed by atoms with Gasteiger partial charge in [0, 0.05) is 30.4 Å². The van der Waals surface area contributed by atoms with E-state index in [-0.39, 0.29) is 0 Å². The van der Waals surface area contributed by atoms with Crippen LogP contribution in [0, 0.1) is 0 Å². The SMILES string of the molecule is CCCn1nccc1CNC(CC)c1cccc(Cl)c1. The first-order chi connectivity index (χ1) is 9.74. The summed E-state index contributed by atoms with van der Waals surface area (Å²) in [4.78, 5) is 0. The van der Waals surface area contributed by atoms with Crippen LogP contribution < -0.4 is 5.32 Å². The molecule has 0 amide bonds. The van der Waals surface area contributed by atoms with Gasteiger partial charge in [-0.3, -0.25) is 4.68 Å². The normalized spacial score (nSPS) is 12.6. The quantitative estimate of drug-likeness (QED) is 0.829. The van der Waals surface area contributed by atoms with E-state index in [1.807, 2.05) is 24.4 Å². The Kier molecular flexibility index (Phi) is 5.62. The summed E-state index contributed by atoms with van der Waals surface area (Å²) in [6, 6.07) is 10.5. The van der Waals surface area contributed by atoms with Crippen molar-refractivity contribution in [2.24, 2.45) is 0 Å². The van der Waals surface area contributed by atoms with Crippen LogP contribution in [0.4, 0.5) is 0 Å². The summed E-state index contributed by atoms with van der Waals surface area (Å²) in [7, 11) is 0. The second kappa shape index (κ2) is 7.46. The van der Waals surface area contributed by atoms with Gasteiger partial charge in [0.05, 0.1) is 5.69 Å². The summed E-state index contributed by atoms with van der Waals surface area (Å²) >= 11 is 6.07. The molecular weight excluding hydrogens is 270 g/mol. The van der Waals surface area contributed by atoms with E-state index in [0.29, 0.717) is 6.04 Å². The minimum atomic E-state index is 0.318. The molecule has 0 spiro atoms. The van der Waals surface area contributed by atoms with Crippen molar-refractivity contribution < 1.29 is 0 Å². The first-order valence-electron chi connectivity index (χ1n) is 7.24. The van der Waals surface area contributed by atoms with Gasteiger partial charge in [-0.15, -0.1) is 0 Å². The molecule has 1 aromatic carbocycles. The average Bonchev–Trinajstić information content (AvgIpc) is 2.88. The van der Waals surface area contributed by atoms with Crippen molar-refractivity contribution >= 4 is 11.6 Å². The lowest BCUT2D eigenvalue weighted by Crippen LogP contribution is -2.22. The highest BCUT2D eigenvalue weighted by Crippen LogP contribution is 2.20. The van der Waals surface area contributed by atoms with Gasteiger partial charge in [-0.05, 0) is 36.6 Å². The molecule has 3 nitrogen and oxygen atoms in total. The van der Waals surface area contributed by atoms with Crippen LogP contribution in [0.25, 0.3) is 0 Å². The maximum atomic E-state index is 6.07. The lowest BCUT2D eigenvalue weighted by atomic mass is 10.0. The molecule has 0 bridgehead atoms. The second-order valence-corrected chi connectivity index (χ2v) is 5.38. The fourth-order valence-corrected chi connectivity index (χ4v) is 2.57. The summed E-state index contributed by atoms with van der Waals surface area (Å²) in [5, 5.41) is 8.74. The van der Waals surface area contributed by atoms with Crippen LogP contribution in [0.1, 0.15) is 44.0 Å². The smallest absolute Gasteiger partial charge is 0.0522 e. The highest BCUT2D eigenvalue weighted by atomic mass is 35.5. The van der Waals surface area contributed by atoms with E-state index >= 15 is 0 Å². The number of halogens is 1. The topological polar surface area (TPSA) is 29.9 Å². The predicted molar refractivity (Wildman–Crippen MR) is 83.8 cm³/mol. The molecule has 0 radical (unpaired) electrons. The van der Waals surface area contributed by atoms with E-state index in [1.165, 1.54) is 11.3 Å². The van der Waals surface area contributed by atoms with E-state index in [9.17, 15) is 0 Å². The molecule has 1 N–H and O–H groups in total. The maximum absolute atomic E-state index is 6.07. The molecule has 2 rings (SSSR count). The van der Waals surface area contributed by atoms with E-state index in [0.717, 1.165) is 31.0 Å². The molecule has 1 atom stereocenters. The van der Waals surface area contributed by atoms with Gasteiger partial charge < -0.3 is 5.32 Å². The number of benzene rings is 1. The molecule has 0 aliphatic heterocycles. The molecular formula is C16H22ClN3. The van der Waals surface area contributed by atoms with Crippen molar-refractivity contribution in [3.05, 3.63) is 52.8 Å². The molecule has 0 saturated heterocycles. The number of nitrogens with zero attached hydrogens (tertiary/aromatic N) is 2. The van der Waals surface area contributed by atoms with Gasteiger partial charge in [-0.2, -0.15) is 5.10 Å². The highest BCUT2D eigenvalue weighted by molar-refractivity contribution is 6.30. The van der Waals surface area contributed by atoms with Gasteiger partial charge in [0.25, 0.3) is 0 Å². The van der Waals surface area contributed by atoms with Crippen molar-refractivity contribution in [3.8, 4) is 0 Å². The Hall–Kier alpha value is -1.32.